The van der Waals surface area contributed by atoms with Crippen molar-refractivity contribution in [1.82, 2.24) is 25.3 Å². The van der Waals surface area contributed by atoms with E-state index in [1.165, 1.54) is 29.2 Å². The van der Waals surface area contributed by atoms with E-state index >= 15 is 0 Å². The fourth-order valence-corrected chi connectivity index (χ4v) is 4.27. The Bertz CT molecular complexity index is 1230. The van der Waals surface area contributed by atoms with Gasteiger partial charge in [0.05, 0.1) is 11.4 Å². The van der Waals surface area contributed by atoms with E-state index in [-0.39, 0.29) is 18.0 Å². The fourth-order valence-electron chi connectivity index (χ4n) is 3.62. The van der Waals surface area contributed by atoms with Crippen molar-refractivity contribution in [2.45, 2.75) is 32.4 Å². The molecule has 0 unspecified atom stereocenters. The van der Waals surface area contributed by atoms with Gasteiger partial charge in [0, 0.05) is 6.54 Å². The maximum atomic E-state index is 13.7. The second kappa shape index (κ2) is 9.29. The molecule has 1 atom stereocenters. The predicted octanol–water partition coefficient (Wildman–Crippen LogP) is 3.28. The number of hydrogen-bond acceptors (Lipinski definition) is 7. The van der Waals surface area contributed by atoms with E-state index in [0.717, 1.165) is 21.9 Å². The maximum Gasteiger partial charge on any atom is 0.325 e. The van der Waals surface area contributed by atoms with Crippen molar-refractivity contribution in [2.75, 3.05) is 13.1 Å². The summed E-state index contributed by atoms with van der Waals surface area (Å²) in [5.74, 6) is -2.92. The highest BCUT2D eigenvalue weighted by Gasteiger charge is 2.50. The van der Waals surface area contributed by atoms with Crippen LogP contribution in [0.5, 0.6) is 0 Å². The van der Waals surface area contributed by atoms with Crippen LogP contribution in [0.2, 0.25) is 0 Å². The Kier molecular flexibility index (Phi) is 6.42. The van der Waals surface area contributed by atoms with Crippen LogP contribution in [0.25, 0.3) is 10.8 Å². The summed E-state index contributed by atoms with van der Waals surface area (Å²) in [6.07, 6.45) is 0.615. The molecule has 4 amide bonds. The molecule has 178 valence electrons. The summed E-state index contributed by atoms with van der Waals surface area (Å²) < 4.78 is 32.7. The van der Waals surface area contributed by atoms with Crippen LogP contribution in [0.1, 0.15) is 31.7 Å². The van der Waals surface area contributed by atoms with Crippen LogP contribution < -0.4 is 5.32 Å². The number of halogens is 2. The number of aromatic nitrogens is 2. The zero-order valence-corrected chi connectivity index (χ0v) is 19.2. The molecule has 1 aliphatic rings. The highest BCUT2D eigenvalue weighted by molar-refractivity contribution is 7.13. The maximum absolute atomic E-state index is 13.7. The summed E-state index contributed by atoms with van der Waals surface area (Å²) in [7, 11) is 0. The van der Waals surface area contributed by atoms with Crippen molar-refractivity contribution in [3.63, 3.8) is 0 Å². The van der Waals surface area contributed by atoms with E-state index in [2.05, 4.69) is 15.5 Å². The molecule has 1 N–H and O–H groups in total. The largest absolute Gasteiger partial charge is 0.418 e. The molecule has 12 heteroatoms. The van der Waals surface area contributed by atoms with E-state index in [0.29, 0.717) is 18.9 Å². The SMILES string of the molecule is CCCN(Cc1nnc(-c2cccs2)o1)C(=O)CN1C(=O)N[C@](C)(c2ccc(F)c(F)c2)C1=O. The lowest BCUT2D eigenvalue weighted by atomic mass is 9.92. The minimum absolute atomic E-state index is 0.00907. The fraction of sp³-hybridized carbons (Fsp3) is 0.318. The molecule has 0 aliphatic carbocycles. The Morgan fingerprint density at radius 3 is 2.71 bits per heavy atom. The number of hydrogen-bond donors (Lipinski definition) is 1. The van der Waals surface area contributed by atoms with Crippen LogP contribution in [0, 0.1) is 11.6 Å². The number of imide groups is 1. The molecule has 3 heterocycles. The average molecular weight is 490 g/mol. The highest BCUT2D eigenvalue weighted by atomic mass is 32.1. The number of rotatable bonds is 8. The molecule has 9 nitrogen and oxygen atoms in total. The van der Waals surface area contributed by atoms with Crippen molar-refractivity contribution >= 4 is 29.2 Å². The van der Waals surface area contributed by atoms with Gasteiger partial charge in [0.2, 0.25) is 11.8 Å². The molecule has 3 aromatic rings. The zero-order valence-electron chi connectivity index (χ0n) is 18.4. The zero-order chi connectivity index (χ0) is 24.5. The number of thiophene rings is 1. The van der Waals surface area contributed by atoms with Crippen molar-refractivity contribution in [3.8, 4) is 10.8 Å². The molecule has 0 saturated carbocycles. The summed E-state index contributed by atoms with van der Waals surface area (Å²) >= 11 is 1.44. The minimum atomic E-state index is -1.64. The van der Waals surface area contributed by atoms with Crippen molar-refractivity contribution in [3.05, 3.63) is 58.8 Å². The number of nitrogens with zero attached hydrogens (tertiary/aromatic N) is 4. The van der Waals surface area contributed by atoms with Gasteiger partial charge in [0.1, 0.15) is 12.1 Å². The molecule has 4 rings (SSSR count). The van der Waals surface area contributed by atoms with E-state index in [1.807, 2.05) is 24.4 Å². The Morgan fingerprint density at radius 1 is 1.24 bits per heavy atom. The van der Waals surface area contributed by atoms with E-state index in [1.54, 1.807) is 0 Å². The standard InChI is InChI=1S/C22H21F2N5O4S/c1-3-8-28(11-17-26-27-19(33-17)16-5-4-9-34-16)18(30)12-29-20(31)22(2,25-21(29)32)13-6-7-14(23)15(24)10-13/h4-7,9-10H,3,8,11-12H2,1-2H3,(H,25,32)/t22-/m1/s1. The monoisotopic (exact) mass is 489 g/mol. The van der Waals surface area contributed by atoms with Gasteiger partial charge in [-0.2, -0.15) is 0 Å². The molecule has 1 aliphatic heterocycles. The first kappa shape index (κ1) is 23.5. The first-order valence-corrected chi connectivity index (χ1v) is 11.3. The molecular formula is C22H21F2N5O4S. The summed E-state index contributed by atoms with van der Waals surface area (Å²) in [6.45, 7) is 3.06. The number of carbonyl (C=O) groups excluding carboxylic acids is 3. The minimum Gasteiger partial charge on any atom is -0.418 e. The van der Waals surface area contributed by atoms with E-state index in [9.17, 15) is 23.2 Å². The first-order chi connectivity index (χ1) is 16.2. The van der Waals surface area contributed by atoms with Gasteiger partial charge in [0.15, 0.2) is 11.6 Å². The summed E-state index contributed by atoms with van der Waals surface area (Å²) in [5.41, 5.74) is -1.57. The molecule has 34 heavy (non-hydrogen) atoms. The van der Waals surface area contributed by atoms with Gasteiger partial charge in [-0.1, -0.05) is 19.1 Å². The predicted molar refractivity (Wildman–Crippen MR) is 117 cm³/mol. The molecule has 0 radical (unpaired) electrons. The molecular weight excluding hydrogens is 468 g/mol. The number of urea groups is 1. The van der Waals surface area contributed by atoms with Gasteiger partial charge in [0.25, 0.3) is 11.8 Å². The van der Waals surface area contributed by atoms with Crippen molar-refractivity contribution < 1.29 is 27.6 Å². The van der Waals surface area contributed by atoms with Crippen LogP contribution in [0.4, 0.5) is 13.6 Å². The number of carbonyl (C=O) groups is 3. The first-order valence-electron chi connectivity index (χ1n) is 10.5. The number of nitrogens with one attached hydrogen (secondary N) is 1. The van der Waals surface area contributed by atoms with Crippen LogP contribution >= 0.6 is 11.3 Å². The summed E-state index contributed by atoms with van der Waals surface area (Å²) in [5, 5.41) is 12.3. The normalized spacial score (nSPS) is 17.8. The highest BCUT2D eigenvalue weighted by Crippen LogP contribution is 2.30. The molecule has 1 fully saturated rings. The van der Waals surface area contributed by atoms with Gasteiger partial charge in [-0.25, -0.2) is 13.6 Å². The van der Waals surface area contributed by atoms with Crippen LogP contribution in [-0.4, -0.2) is 50.9 Å². The Balaban J connectivity index is 1.48. The second-order valence-electron chi connectivity index (χ2n) is 7.87. The molecule has 1 aromatic carbocycles. The molecule has 0 spiro atoms. The molecule has 2 aromatic heterocycles. The summed E-state index contributed by atoms with van der Waals surface area (Å²) in [4.78, 5) is 41.6. The van der Waals surface area contributed by atoms with E-state index in [4.69, 9.17) is 4.42 Å². The Hall–Kier alpha value is -3.67. The molecule has 1 saturated heterocycles. The van der Waals surface area contributed by atoms with Gasteiger partial charge >= 0.3 is 6.03 Å². The van der Waals surface area contributed by atoms with Gasteiger partial charge in [-0.3, -0.25) is 14.5 Å². The second-order valence-corrected chi connectivity index (χ2v) is 8.82. The van der Waals surface area contributed by atoms with Gasteiger partial charge in [-0.05, 0) is 42.5 Å². The molecule has 0 bridgehead atoms. The van der Waals surface area contributed by atoms with Gasteiger partial charge < -0.3 is 14.6 Å². The number of amides is 4. The lowest BCUT2D eigenvalue weighted by Crippen LogP contribution is -2.44. The average Bonchev–Trinajstić information content (AvgIpc) is 3.53. The van der Waals surface area contributed by atoms with E-state index < -0.39 is 41.6 Å². The Morgan fingerprint density at radius 2 is 2.03 bits per heavy atom. The topological polar surface area (TPSA) is 109 Å². The van der Waals surface area contributed by atoms with Crippen molar-refractivity contribution in [1.29, 1.82) is 0 Å². The third kappa shape index (κ3) is 4.40. The van der Waals surface area contributed by atoms with Crippen LogP contribution in [-0.2, 0) is 21.7 Å². The lowest BCUT2D eigenvalue weighted by molar-refractivity contribution is -0.139. The lowest BCUT2D eigenvalue weighted by Gasteiger charge is -2.24. The third-order valence-corrected chi connectivity index (χ3v) is 6.29. The van der Waals surface area contributed by atoms with Gasteiger partial charge in [-0.15, -0.1) is 21.5 Å². The number of benzene rings is 1. The third-order valence-electron chi connectivity index (χ3n) is 5.44. The van der Waals surface area contributed by atoms with Crippen molar-refractivity contribution in [2.24, 2.45) is 0 Å². The van der Waals surface area contributed by atoms with Crippen LogP contribution in [0.15, 0.2) is 40.1 Å². The Labute approximate surface area is 197 Å². The van der Waals surface area contributed by atoms with Crippen LogP contribution in [0.3, 0.4) is 0 Å². The smallest absolute Gasteiger partial charge is 0.325 e. The quantitative estimate of drug-likeness (QED) is 0.487. The summed E-state index contributed by atoms with van der Waals surface area (Å²) in [6, 6.07) is 5.82.